The fourth-order valence-electron chi connectivity index (χ4n) is 2.30. The highest BCUT2D eigenvalue weighted by atomic mass is 19.4. The lowest BCUT2D eigenvalue weighted by molar-refractivity contribution is -0.198. The molecule has 0 aliphatic heterocycles. The third kappa shape index (κ3) is 4.21. The third-order valence-electron chi connectivity index (χ3n) is 3.02. The number of hydrogen-bond acceptors (Lipinski definition) is 1. The molecule has 0 heterocycles. The minimum Gasteiger partial charge on any atom is -0.351 e. The Morgan fingerprint density at radius 2 is 1.65 bits per heavy atom. The third-order valence-corrected chi connectivity index (χ3v) is 3.02. The zero-order valence-corrected chi connectivity index (χ0v) is 10.5. The molecule has 100 valence electrons. The second-order valence-electron chi connectivity index (χ2n) is 5.78. The van der Waals surface area contributed by atoms with E-state index >= 15 is 0 Å². The van der Waals surface area contributed by atoms with Gasteiger partial charge in [-0.3, -0.25) is 4.79 Å². The first-order valence-corrected chi connectivity index (χ1v) is 6.00. The smallest absolute Gasteiger partial charge is 0.351 e. The average Bonchev–Trinajstić information content (AvgIpc) is 2.13. The van der Waals surface area contributed by atoms with E-state index in [2.05, 4.69) is 5.32 Å². The zero-order valence-electron chi connectivity index (χ0n) is 10.5. The van der Waals surface area contributed by atoms with E-state index in [9.17, 15) is 18.0 Å². The first-order valence-electron chi connectivity index (χ1n) is 6.00. The van der Waals surface area contributed by atoms with Gasteiger partial charge in [0.05, 0.1) is 5.92 Å². The van der Waals surface area contributed by atoms with Crippen molar-refractivity contribution in [3.63, 3.8) is 0 Å². The SMILES string of the molecule is CC(C)(C)NC(=O)C1CCCCC1C(F)(F)F. The Morgan fingerprint density at radius 3 is 2.12 bits per heavy atom. The number of amides is 1. The predicted molar refractivity (Wildman–Crippen MR) is 59.4 cm³/mol. The summed E-state index contributed by atoms with van der Waals surface area (Å²) in [6.45, 7) is 5.32. The first-order chi connectivity index (χ1) is 7.61. The Kier molecular flexibility index (Phi) is 4.10. The van der Waals surface area contributed by atoms with Gasteiger partial charge in [0.2, 0.25) is 5.91 Å². The van der Waals surface area contributed by atoms with Gasteiger partial charge in [0, 0.05) is 11.5 Å². The fourth-order valence-corrected chi connectivity index (χ4v) is 2.30. The van der Waals surface area contributed by atoms with E-state index in [1.807, 2.05) is 0 Å². The van der Waals surface area contributed by atoms with Crippen molar-refractivity contribution in [2.75, 3.05) is 0 Å². The van der Waals surface area contributed by atoms with Crippen molar-refractivity contribution < 1.29 is 18.0 Å². The molecular formula is C12H20F3NO. The van der Waals surface area contributed by atoms with Gasteiger partial charge in [-0.2, -0.15) is 13.2 Å². The van der Waals surface area contributed by atoms with Crippen molar-refractivity contribution in [1.29, 1.82) is 0 Å². The maximum absolute atomic E-state index is 12.8. The van der Waals surface area contributed by atoms with E-state index in [0.717, 1.165) is 0 Å². The average molecular weight is 251 g/mol. The van der Waals surface area contributed by atoms with Crippen molar-refractivity contribution in [1.82, 2.24) is 5.32 Å². The van der Waals surface area contributed by atoms with Crippen molar-refractivity contribution >= 4 is 5.91 Å². The molecule has 1 aliphatic carbocycles. The topological polar surface area (TPSA) is 29.1 Å². The van der Waals surface area contributed by atoms with E-state index in [1.165, 1.54) is 0 Å². The molecule has 1 rings (SSSR count). The molecule has 1 fully saturated rings. The van der Waals surface area contributed by atoms with Gasteiger partial charge in [-0.05, 0) is 33.6 Å². The van der Waals surface area contributed by atoms with Crippen molar-refractivity contribution in [2.45, 2.75) is 58.2 Å². The second-order valence-corrected chi connectivity index (χ2v) is 5.78. The summed E-state index contributed by atoms with van der Waals surface area (Å²) in [5.74, 6) is -2.85. The lowest BCUT2D eigenvalue weighted by atomic mass is 9.78. The molecule has 0 saturated heterocycles. The van der Waals surface area contributed by atoms with Crippen LogP contribution in [0.2, 0.25) is 0 Å². The highest BCUT2D eigenvalue weighted by Crippen LogP contribution is 2.41. The van der Waals surface area contributed by atoms with E-state index in [4.69, 9.17) is 0 Å². The molecule has 2 atom stereocenters. The van der Waals surface area contributed by atoms with Gasteiger partial charge in [0.25, 0.3) is 0 Å². The highest BCUT2D eigenvalue weighted by Gasteiger charge is 2.48. The van der Waals surface area contributed by atoms with E-state index < -0.39 is 29.5 Å². The maximum atomic E-state index is 12.8. The molecule has 0 aromatic rings. The summed E-state index contributed by atoms with van der Waals surface area (Å²) in [6, 6.07) is 0. The van der Waals surface area contributed by atoms with Crippen molar-refractivity contribution in [3.05, 3.63) is 0 Å². The standard InChI is InChI=1S/C12H20F3NO/c1-11(2,3)16-10(17)8-6-4-5-7-9(8)12(13,14)15/h8-9H,4-7H2,1-3H3,(H,16,17). The molecule has 0 radical (unpaired) electrons. The predicted octanol–water partition coefficient (Wildman–Crippen LogP) is 3.27. The van der Waals surface area contributed by atoms with Gasteiger partial charge in [-0.1, -0.05) is 12.8 Å². The summed E-state index contributed by atoms with van der Waals surface area (Å²) in [6.07, 6.45) is -2.59. The first kappa shape index (κ1) is 14.3. The van der Waals surface area contributed by atoms with Gasteiger partial charge in [-0.25, -0.2) is 0 Å². The summed E-state index contributed by atoms with van der Waals surface area (Å²) in [7, 11) is 0. The molecule has 1 saturated carbocycles. The summed E-state index contributed by atoms with van der Waals surface area (Å²) >= 11 is 0. The van der Waals surface area contributed by atoms with Crippen LogP contribution in [0, 0.1) is 11.8 Å². The van der Waals surface area contributed by atoms with Crippen LogP contribution in [-0.2, 0) is 4.79 Å². The fraction of sp³-hybridized carbons (Fsp3) is 0.917. The summed E-state index contributed by atoms with van der Waals surface area (Å²) < 4.78 is 38.4. The number of carbonyl (C=O) groups is 1. The minimum atomic E-state index is -4.26. The van der Waals surface area contributed by atoms with Crippen molar-refractivity contribution in [2.24, 2.45) is 11.8 Å². The van der Waals surface area contributed by atoms with Crippen LogP contribution in [-0.4, -0.2) is 17.6 Å². The van der Waals surface area contributed by atoms with Crippen LogP contribution in [0.3, 0.4) is 0 Å². The molecule has 0 aromatic carbocycles. The van der Waals surface area contributed by atoms with Gasteiger partial charge in [0.15, 0.2) is 0 Å². The van der Waals surface area contributed by atoms with E-state index in [1.54, 1.807) is 20.8 Å². The molecule has 0 aromatic heterocycles. The molecule has 0 spiro atoms. The molecule has 1 N–H and O–H groups in total. The molecule has 1 amide bonds. The molecule has 5 heteroatoms. The van der Waals surface area contributed by atoms with E-state index in [-0.39, 0.29) is 6.42 Å². The quantitative estimate of drug-likeness (QED) is 0.761. The number of rotatable bonds is 1. The largest absolute Gasteiger partial charge is 0.392 e. The van der Waals surface area contributed by atoms with E-state index in [0.29, 0.717) is 19.3 Å². The lowest BCUT2D eigenvalue weighted by Gasteiger charge is -2.34. The van der Waals surface area contributed by atoms with Crippen LogP contribution < -0.4 is 5.32 Å². The summed E-state index contributed by atoms with van der Waals surface area (Å²) in [5.41, 5.74) is -0.481. The Bertz CT molecular complexity index is 280. The Morgan fingerprint density at radius 1 is 1.12 bits per heavy atom. The second kappa shape index (κ2) is 4.86. The number of carbonyl (C=O) groups excluding carboxylic acids is 1. The van der Waals surface area contributed by atoms with Gasteiger partial charge >= 0.3 is 6.18 Å². The Hall–Kier alpha value is -0.740. The Labute approximate surface area is 100.0 Å². The summed E-state index contributed by atoms with van der Waals surface area (Å²) in [5, 5.41) is 2.65. The number of alkyl halides is 3. The lowest BCUT2D eigenvalue weighted by Crippen LogP contribution is -2.48. The zero-order chi connectivity index (χ0) is 13.3. The maximum Gasteiger partial charge on any atom is 0.392 e. The summed E-state index contributed by atoms with van der Waals surface area (Å²) in [4.78, 5) is 11.9. The monoisotopic (exact) mass is 251 g/mol. The molecule has 0 bridgehead atoms. The molecule has 1 aliphatic rings. The highest BCUT2D eigenvalue weighted by molar-refractivity contribution is 5.79. The number of hydrogen-bond donors (Lipinski definition) is 1. The van der Waals surface area contributed by atoms with Crippen LogP contribution in [0.15, 0.2) is 0 Å². The number of halogens is 3. The van der Waals surface area contributed by atoms with Gasteiger partial charge in [-0.15, -0.1) is 0 Å². The van der Waals surface area contributed by atoms with Gasteiger partial charge in [0.1, 0.15) is 0 Å². The van der Waals surface area contributed by atoms with Crippen LogP contribution in [0.4, 0.5) is 13.2 Å². The Balaban J connectivity index is 2.75. The van der Waals surface area contributed by atoms with Gasteiger partial charge < -0.3 is 5.32 Å². The normalized spacial score (nSPS) is 26.7. The van der Waals surface area contributed by atoms with Crippen LogP contribution in [0.25, 0.3) is 0 Å². The van der Waals surface area contributed by atoms with Crippen LogP contribution in [0.1, 0.15) is 46.5 Å². The molecule has 17 heavy (non-hydrogen) atoms. The van der Waals surface area contributed by atoms with Crippen LogP contribution >= 0.6 is 0 Å². The van der Waals surface area contributed by atoms with Crippen LogP contribution in [0.5, 0.6) is 0 Å². The molecule has 2 nitrogen and oxygen atoms in total. The molecule has 2 unspecified atom stereocenters. The number of nitrogens with one attached hydrogen (secondary N) is 1. The molecular weight excluding hydrogens is 231 g/mol. The minimum absolute atomic E-state index is 0.0751. The van der Waals surface area contributed by atoms with Crippen molar-refractivity contribution in [3.8, 4) is 0 Å².